The Morgan fingerprint density at radius 2 is 2.10 bits per heavy atom. The highest BCUT2D eigenvalue weighted by Crippen LogP contribution is 2.37. The summed E-state index contributed by atoms with van der Waals surface area (Å²) in [7, 11) is 0. The fourth-order valence-electron chi connectivity index (χ4n) is 2.92. The number of fused-ring (bicyclic) bond motifs is 2. The summed E-state index contributed by atoms with van der Waals surface area (Å²) in [5.41, 5.74) is 3.05. The van der Waals surface area contributed by atoms with E-state index in [1.165, 1.54) is 0 Å². The van der Waals surface area contributed by atoms with Crippen molar-refractivity contribution >= 4 is 34.2 Å². The van der Waals surface area contributed by atoms with Crippen molar-refractivity contribution in [2.75, 3.05) is 6.61 Å². The van der Waals surface area contributed by atoms with E-state index in [-0.39, 0.29) is 6.04 Å². The van der Waals surface area contributed by atoms with Crippen LogP contribution in [0.3, 0.4) is 0 Å². The van der Waals surface area contributed by atoms with Crippen LogP contribution in [0.4, 0.5) is 0 Å². The Morgan fingerprint density at radius 3 is 2.95 bits per heavy atom. The van der Waals surface area contributed by atoms with Crippen molar-refractivity contribution < 1.29 is 4.74 Å². The molecule has 1 unspecified atom stereocenters. The second kappa shape index (κ2) is 4.93. The van der Waals surface area contributed by atoms with Crippen LogP contribution in [0.25, 0.3) is 11.0 Å². The Morgan fingerprint density at radius 1 is 1.24 bits per heavy atom. The standard InChI is InChI=1S/C16H12Cl2N2O/c17-8-16-19-12-6-5-10(18)7-13(12)20(16)14-9-21-15-4-2-1-3-11(14)15/h1-7,14H,8-9H2. The molecule has 3 nitrogen and oxygen atoms in total. The number of benzene rings is 2. The maximum atomic E-state index is 6.14. The van der Waals surface area contributed by atoms with E-state index in [9.17, 15) is 0 Å². The minimum Gasteiger partial charge on any atom is -0.491 e. The molecule has 0 fully saturated rings. The molecule has 3 aromatic rings. The third-order valence-electron chi connectivity index (χ3n) is 3.83. The number of rotatable bonds is 2. The van der Waals surface area contributed by atoms with Crippen molar-refractivity contribution in [2.24, 2.45) is 0 Å². The first kappa shape index (κ1) is 13.0. The Hall–Kier alpha value is -1.71. The number of imidazole rings is 1. The van der Waals surface area contributed by atoms with E-state index in [1.807, 2.05) is 36.4 Å². The monoisotopic (exact) mass is 318 g/mol. The number of alkyl halides is 1. The largest absolute Gasteiger partial charge is 0.491 e. The van der Waals surface area contributed by atoms with Crippen molar-refractivity contribution in [3.05, 3.63) is 58.9 Å². The van der Waals surface area contributed by atoms with Gasteiger partial charge in [-0.3, -0.25) is 0 Å². The average molecular weight is 319 g/mol. The van der Waals surface area contributed by atoms with Crippen molar-refractivity contribution in [1.82, 2.24) is 9.55 Å². The van der Waals surface area contributed by atoms with Crippen LogP contribution < -0.4 is 4.74 Å². The van der Waals surface area contributed by atoms with Crippen molar-refractivity contribution in [1.29, 1.82) is 0 Å². The smallest absolute Gasteiger partial charge is 0.125 e. The predicted octanol–water partition coefficient (Wildman–Crippen LogP) is 4.41. The molecule has 0 saturated carbocycles. The normalized spacial score (nSPS) is 17.0. The van der Waals surface area contributed by atoms with Gasteiger partial charge in [0.2, 0.25) is 0 Å². The zero-order valence-corrected chi connectivity index (χ0v) is 12.6. The summed E-state index contributed by atoms with van der Waals surface area (Å²) in [5, 5.41) is 0.692. The minimum absolute atomic E-state index is 0.0819. The van der Waals surface area contributed by atoms with Crippen LogP contribution in [0.5, 0.6) is 5.75 Å². The van der Waals surface area contributed by atoms with Crippen LogP contribution in [0.1, 0.15) is 17.4 Å². The van der Waals surface area contributed by atoms with Gasteiger partial charge < -0.3 is 9.30 Å². The van der Waals surface area contributed by atoms with Crippen LogP contribution >= 0.6 is 23.2 Å². The summed E-state index contributed by atoms with van der Waals surface area (Å²) in [4.78, 5) is 4.61. The number of aromatic nitrogens is 2. The van der Waals surface area contributed by atoms with Gasteiger partial charge in [0.1, 0.15) is 18.2 Å². The van der Waals surface area contributed by atoms with Crippen molar-refractivity contribution in [3.63, 3.8) is 0 Å². The van der Waals surface area contributed by atoms with Gasteiger partial charge in [-0.2, -0.15) is 0 Å². The number of ether oxygens (including phenoxy) is 1. The van der Waals surface area contributed by atoms with Crippen LogP contribution in [0.2, 0.25) is 5.02 Å². The van der Waals surface area contributed by atoms with Crippen LogP contribution in [0, 0.1) is 0 Å². The molecule has 2 heterocycles. The van der Waals surface area contributed by atoms with E-state index >= 15 is 0 Å². The van der Waals surface area contributed by atoms with E-state index in [2.05, 4.69) is 15.6 Å². The van der Waals surface area contributed by atoms with Crippen molar-refractivity contribution in [3.8, 4) is 5.75 Å². The first-order valence-electron chi connectivity index (χ1n) is 6.72. The molecule has 0 saturated heterocycles. The summed E-state index contributed by atoms with van der Waals surface area (Å²) in [6.45, 7) is 0.585. The highest BCUT2D eigenvalue weighted by Gasteiger charge is 2.28. The number of hydrogen-bond donors (Lipinski definition) is 0. The maximum Gasteiger partial charge on any atom is 0.125 e. The van der Waals surface area contributed by atoms with Gasteiger partial charge in [0.15, 0.2) is 0 Å². The lowest BCUT2D eigenvalue weighted by Crippen LogP contribution is -2.14. The average Bonchev–Trinajstić information content (AvgIpc) is 3.07. The molecule has 21 heavy (non-hydrogen) atoms. The molecule has 0 N–H and O–H groups in total. The van der Waals surface area contributed by atoms with Gasteiger partial charge in [-0.25, -0.2) is 4.98 Å². The molecule has 106 valence electrons. The highest BCUT2D eigenvalue weighted by atomic mass is 35.5. The minimum atomic E-state index is 0.0819. The molecule has 0 spiro atoms. The predicted molar refractivity (Wildman–Crippen MR) is 84.4 cm³/mol. The molecule has 0 radical (unpaired) electrons. The van der Waals surface area contributed by atoms with Gasteiger partial charge in [0, 0.05) is 10.6 Å². The van der Waals surface area contributed by atoms with E-state index in [1.54, 1.807) is 0 Å². The summed E-state index contributed by atoms with van der Waals surface area (Å²) < 4.78 is 7.93. The Balaban J connectivity index is 1.96. The molecule has 1 aliphatic heterocycles. The van der Waals surface area contributed by atoms with E-state index in [0.29, 0.717) is 17.5 Å². The van der Waals surface area contributed by atoms with Gasteiger partial charge in [-0.05, 0) is 24.3 Å². The zero-order chi connectivity index (χ0) is 14.4. The molecule has 0 amide bonds. The molecular formula is C16H12Cl2N2O. The first-order valence-corrected chi connectivity index (χ1v) is 7.63. The van der Waals surface area contributed by atoms with Crippen LogP contribution in [-0.2, 0) is 5.88 Å². The summed E-state index contributed by atoms with van der Waals surface area (Å²) in [5.74, 6) is 2.11. The van der Waals surface area contributed by atoms with Gasteiger partial charge in [0.05, 0.1) is 23.0 Å². The summed E-state index contributed by atoms with van der Waals surface area (Å²) in [6, 6.07) is 13.9. The molecule has 2 aromatic carbocycles. The van der Waals surface area contributed by atoms with Gasteiger partial charge >= 0.3 is 0 Å². The Labute approximate surface area is 132 Å². The molecule has 0 bridgehead atoms. The number of para-hydroxylation sites is 1. The lowest BCUT2D eigenvalue weighted by Gasteiger charge is -2.15. The van der Waals surface area contributed by atoms with E-state index < -0.39 is 0 Å². The first-order chi connectivity index (χ1) is 10.3. The van der Waals surface area contributed by atoms with E-state index in [4.69, 9.17) is 27.9 Å². The van der Waals surface area contributed by atoms with Gasteiger partial charge in [-0.1, -0.05) is 29.8 Å². The molecular weight excluding hydrogens is 307 g/mol. The SMILES string of the molecule is ClCc1nc2ccc(Cl)cc2n1C1COc2ccccc21. The molecule has 1 aliphatic rings. The topological polar surface area (TPSA) is 27.1 Å². The number of hydrogen-bond acceptors (Lipinski definition) is 2. The van der Waals surface area contributed by atoms with Gasteiger partial charge in [0.25, 0.3) is 0 Å². The molecule has 0 aliphatic carbocycles. The lowest BCUT2D eigenvalue weighted by atomic mass is 10.1. The summed E-state index contributed by atoms with van der Waals surface area (Å²) >= 11 is 12.2. The quantitative estimate of drug-likeness (QED) is 0.654. The van der Waals surface area contributed by atoms with Crippen molar-refractivity contribution in [2.45, 2.75) is 11.9 Å². The van der Waals surface area contributed by atoms with E-state index in [0.717, 1.165) is 28.2 Å². The van der Waals surface area contributed by atoms with Crippen LogP contribution in [0.15, 0.2) is 42.5 Å². The molecule has 1 atom stereocenters. The number of nitrogens with zero attached hydrogens (tertiary/aromatic N) is 2. The van der Waals surface area contributed by atoms with Gasteiger partial charge in [-0.15, -0.1) is 11.6 Å². The molecule has 5 heteroatoms. The number of halogens is 2. The second-order valence-electron chi connectivity index (χ2n) is 5.03. The second-order valence-corrected chi connectivity index (χ2v) is 5.73. The molecule has 4 rings (SSSR count). The highest BCUT2D eigenvalue weighted by molar-refractivity contribution is 6.31. The fourth-order valence-corrected chi connectivity index (χ4v) is 3.27. The Kier molecular flexibility index (Phi) is 3.05. The third kappa shape index (κ3) is 2.00. The Bertz CT molecular complexity index is 828. The summed E-state index contributed by atoms with van der Waals surface area (Å²) in [6.07, 6.45) is 0. The lowest BCUT2D eigenvalue weighted by molar-refractivity contribution is 0.317. The van der Waals surface area contributed by atoms with Crippen LogP contribution in [-0.4, -0.2) is 16.2 Å². The zero-order valence-electron chi connectivity index (χ0n) is 11.1. The third-order valence-corrected chi connectivity index (χ3v) is 4.30. The maximum absolute atomic E-state index is 6.14. The fraction of sp³-hybridized carbons (Fsp3) is 0.188. The molecule has 1 aromatic heterocycles.